The molecule has 0 radical (unpaired) electrons. The first kappa shape index (κ1) is 14.9. The van der Waals surface area contributed by atoms with Crippen molar-refractivity contribution >= 4 is 39.1 Å². The van der Waals surface area contributed by atoms with Gasteiger partial charge in [0.05, 0.1) is 21.7 Å². The first-order valence-corrected chi connectivity index (χ1v) is 7.73. The molecular formula is C18H19ClN2O. The summed E-state index contributed by atoms with van der Waals surface area (Å²) in [5, 5.41) is 2.01. The highest BCUT2D eigenvalue weighted by Crippen LogP contribution is 2.32. The summed E-state index contributed by atoms with van der Waals surface area (Å²) in [7, 11) is 3.85. The monoisotopic (exact) mass is 314 g/mol. The number of nitrogens with zero attached hydrogens (tertiary/aromatic N) is 1. The van der Waals surface area contributed by atoms with Gasteiger partial charge in [-0.15, -0.1) is 0 Å². The standard InChI is InChI=1S/C18H19ClN2O/c1-10(2)11-5-6-12-15(9-11)20-16-13(18(12)22)7-8-14(19)17(16)21(3)4/h5-10H,1-4H3,(H,20,22). The van der Waals surface area contributed by atoms with Crippen LogP contribution in [0.1, 0.15) is 25.3 Å². The van der Waals surface area contributed by atoms with Gasteiger partial charge in [-0.3, -0.25) is 4.79 Å². The number of benzene rings is 2. The van der Waals surface area contributed by atoms with Gasteiger partial charge in [-0.25, -0.2) is 0 Å². The Morgan fingerprint density at radius 2 is 1.77 bits per heavy atom. The Kier molecular flexibility index (Phi) is 3.61. The van der Waals surface area contributed by atoms with Crippen molar-refractivity contribution in [1.82, 2.24) is 4.98 Å². The summed E-state index contributed by atoms with van der Waals surface area (Å²) in [6.45, 7) is 4.28. The molecular weight excluding hydrogens is 296 g/mol. The summed E-state index contributed by atoms with van der Waals surface area (Å²) in [6.07, 6.45) is 0. The van der Waals surface area contributed by atoms with E-state index in [4.69, 9.17) is 11.6 Å². The molecule has 0 bridgehead atoms. The third-order valence-electron chi connectivity index (χ3n) is 4.04. The van der Waals surface area contributed by atoms with Crippen molar-refractivity contribution in [2.24, 2.45) is 0 Å². The quantitative estimate of drug-likeness (QED) is 0.706. The van der Waals surface area contributed by atoms with Gasteiger partial charge in [-0.05, 0) is 35.7 Å². The first-order valence-electron chi connectivity index (χ1n) is 7.35. The SMILES string of the molecule is CC(C)c1ccc2c(=O)c3ccc(Cl)c(N(C)C)c3[nH]c2c1. The number of pyridine rings is 1. The number of aromatic amines is 1. The molecule has 0 spiro atoms. The molecule has 0 aliphatic heterocycles. The maximum absolute atomic E-state index is 12.8. The van der Waals surface area contributed by atoms with Crippen molar-refractivity contribution in [2.75, 3.05) is 19.0 Å². The number of rotatable bonds is 2. The van der Waals surface area contributed by atoms with E-state index in [0.717, 1.165) is 16.7 Å². The molecule has 0 saturated heterocycles. The Morgan fingerprint density at radius 1 is 1.09 bits per heavy atom. The van der Waals surface area contributed by atoms with E-state index in [1.165, 1.54) is 5.56 Å². The summed E-state index contributed by atoms with van der Waals surface area (Å²) < 4.78 is 0. The molecule has 1 heterocycles. The van der Waals surface area contributed by atoms with Crippen LogP contribution in [-0.2, 0) is 0 Å². The molecule has 0 atom stereocenters. The number of hydrogen-bond donors (Lipinski definition) is 1. The number of H-pyrrole nitrogens is 1. The van der Waals surface area contributed by atoms with E-state index in [2.05, 4.69) is 24.9 Å². The van der Waals surface area contributed by atoms with Crippen molar-refractivity contribution < 1.29 is 0 Å². The van der Waals surface area contributed by atoms with Crippen LogP contribution >= 0.6 is 11.6 Å². The number of nitrogens with one attached hydrogen (secondary N) is 1. The molecule has 3 rings (SSSR count). The minimum atomic E-state index is 0.0406. The van der Waals surface area contributed by atoms with Crippen LogP contribution in [0.25, 0.3) is 21.8 Å². The van der Waals surface area contributed by atoms with Gasteiger partial charge in [0.1, 0.15) is 0 Å². The van der Waals surface area contributed by atoms with E-state index >= 15 is 0 Å². The van der Waals surface area contributed by atoms with Gasteiger partial charge in [0.15, 0.2) is 5.43 Å². The molecule has 0 aliphatic rings. The highest BCUT2D eigenvalue weighted by atomic mass is 35.5. The Labute approximate surface area is 134 Å². The van der Waals surface area contributed by atoms with E-state index in [9.17, 15) is 4.79 Å². The van der Waals surface area contributed by atoms with Gasteiger partial charge in [0.25, 0.3) is 0 Å². The van der Waals surface area contributed by atoms with Gasteiger partial charge in [-0.2, -0.15) is 0 Å². The summed E-state index contributed by atoms with van der Waals surface area (Å²) in [5.74, 6) is 0.413. The fraction of sp³-hybridized carbons (Fsp3) is 0.278. The third-order valence-corrected chi connectivity index (χ3v) is 4.34. The average molecular weight is 315 g/mol. The molecule has 1 N–H and O–H groups in total. The lowest BCUT2D eigenvalue weighted by Gasteiger charge is -2.17. The normalized spacial score (nSPS) is 11.5. The molecule has 0 saturated carbocycles. The van der Waals surface area contributed by atoms with E-state index in [1.54, 1.807) is 12.1 Å². The highest BCUT2D eigenvalue weighted by molar-refractivity contribution is 6.34. The van der Waals surface area contributed by atoms with Crippen molar-refractivity contribution in [2.45, 2.75) is 19.8 Å². The van der Waals surface area contributed by atoms with Gasteiger partial charge in [0.2, 0.25) is 0 Å². The van der Waals surface area contributed by atoms with Gasteiger partial charge < -0.3 is 9.88 Å². The Balaban J connectivity index is 2.48. The second-order valence-electron chi connectivity index (χ2n) is 6.13. The zero-order valence-corrected chi connectivity index (χ0v) is 14.0. The molecule has 0 fully saturated rings. The van der Waals surface area contributed by atoms with Crippen LogP contribution in [0, 0.1) is 0 Å². The maximum Gasteiger partial charge on any atom is 0.197 e. The zero-order valence-electron chi connectivity index (χ0n) is 13.2. The van der Waals surface area contributed by atoms with E-state index in [-0.39, 0.29) is 5.43 Å². The summed E-state index contributed by atoms with van der Waals surface area (Å²) in [5.41, 5.74) is 3.73. The Bertz CT molecular complexity index is 926. The van der Waals surface area contributed by atoms with Gasteiger partial charge >= 0.3 is 0 Å². The summed E-state index contributed by atoms with van der Waals surface area (Å²) in [6, 6.07) is 9.56. The van der Waals surface area contributed by atoms with E-state index < -0.39 is 0 Å². The fourth-order valence-corrected chi connectivity index (χ4v) is 3.15. The number of aromatic nitrogens is 1. The number of halogens is 1. The Hall–Kier alpha value is -2.00. The smallest absolute Gasteiger partial charge is 0.197 e. The largest absolute Gasteiger partial charge is 0.375 e. The minimum Gasteiger partial charge on any atom is -0.375 e. The highest BCUT2D eigenvalue weighted by Gasteiger charge is 2.13. The molecule has 4 heteroatoms. The number of hydrogen-bond acceptors (Lipinski definition) is 2. The summed E-state index contributed by atoms with van der Waals surface area (Å²) in [4.78, 5) is 18.1. The van der Waals surface area contributed by atoms with Gasteiger partial charge in [0, 0.05) is 24.9 Å². The van der Waals surface area contributed by atoms with E-state index in [1.807, 2.05) is 31.1 Å². The molecule has 1 aromatic heterocycles. The predicted molar refractivity (Wildman–Crippen MR) is 95.5 cm³/mol. The van der Waals surface area contributed by atoms with Crippen LogP contribution in [0.3, 0.4) is 0 Å². The van der Waals surface area contributed by atoms with Crippen LogP contribution in [0.15, 0.2) is 35.1 Å². The lowest BCUT2D eigenvalue weighted by molar-refractivity contribution is 0.868. The molecule has 0 aliphatic carbocycles. The Morgan fingerprint density at radius 3 is 2.41 bits per heavy atom. The predicted octanol–water partition coefficient (Wildman–Crippen LogP) is 4.52. The van der Waals surface area contributed by atoms with Crippen LogP contribution in [0.4, 0.5) is 5.69 Å². The van der Waals surface area contributed by atoms with Gasteiger partial charge in [-0.1, -0.05) is 31.5 Å². The topological polar surface area (TPSA) is 36.1 Å². The second-order valence-corrected chi connectivity index (χ2v) is 6.53. The van der Waals surface area contributed by atoms with Crippen molar-refractivity contribution in [1.29, 1.82) is 0 Å². The number of anilines is 1. The molecule has 0 unspecified atom stereocenters. The molecule has 3 nitrogen and oxygen atoms in total. The van der Waals surface area contributed by atoms with Crippen LogP contribution < -0.4 is 10.3 Å². The zero-order chi connectivity index (χ0) is 16.0. The van der Waals surface area contributed by atoms with Crippen molar-refractivity contribution in [3.8, 4) is 0 Å². The summed E-state index contributed by atoms with van der Waals surface area (Å²) >= 11 is 6.32. The fourth-order valence-electron chi connectivity index (χ4n) is 2.82. The van der Waals surface area contributed by atoms with Crippen LogP contribution in [-0.4, -0.2) is 19.1 Å². The van der Waals surface area contributed by atoms with Crippen molar-refractivity contribution in [3.05, 3.63) is 51.1 Å². The lowest BCUT2D eigenvalue weighted by atomic mass is 10.0. The first-order chi connectivity index (χ1) is 10.4. The molecule has 2 aromatic carbocycles. The third kappa shape index (κ3) is 2.26. The van der Waals surface area contributed by atoms with E-state index in [0.29, 0.717) is 21.7 Å². The molecule has 3 aromatic rings. The molecule has 22 heavy (non-hydrogen) atoms. The molecule has 0 amide bonds. The lowest BCUT2D eigenvalue weighted by Crippen LogP contribution is -2.13. The minimum absolute atomic E-state index is 0.0406. The number of fused-ring (bicyclic) bond motifs is 2. The van der Waals surface area contributed by atoms with Crippen LogP contribution in [0.2, 0.25) is 5.02 Å². The average Bonchev–Trinajstić information content (AvgIpc) is 2.46. The van der Waals surface area contributed by atoms with Crippen molar-refractivity contribution in [3.63, 3.8) is 0 Å². The van der Waals surface area contributed by atoms with Crippen LogP contribution in [0.5, 0.6) is 0 Å². The maximum atomic E-state index is 12.8. The molecule has 114 valence electrons. The second kappa shape index (κ2) is 5.33.